The fourth-order valence-electron chi connectivity index (χ4n) is 0.839. The molecule has 0 radical (unpaired) electrons. The van der Waals surface area contributed by atoms with Crippen LogP contribution in [-0.4, -0.2) is 37.5 Å². The second-order valence-corrected chi connectivity index (χ2v) is 2.77. The first-order valence-electron chi connectivity index (χ1n) is 4.41. The number of rotatable bonds is 3. The van der Waals surface area contributed by atoms with Crippen LogP contribution in [0.2, 0.25) is 0 Å². The van der Waals surface area contributed by atoms with E-state index in [1.165, 1.54) is 4.90 Å². The van der Waals surface area contributed by atoms with Gasteiger partial charge in [0.25, 0.3) is 0 Å². The minimum Gasteiger partial charge on any atom is -0.370 e. The van der Waals surface area contributed by atoms with Gasteiger partial charge in [0.2, 0.25) is 0 Å². The van der Waals surface area contributed by atoms with Gasteiger partial charge in [0, 0.05) is 20.6 Å². The molecular weight excluding hydrogens is 166 g/mol. The van der Waals surface area contributed by atoms with Gasteiger partial charge in [-0.15, -0.1) is 0 Å². The predicted octanol–water partition coefficient (Wildman–Crippen LogP) is 0.187. The molecule has 0 saturated heterocycles. The van der Waals surface area contributed by atoms with E-state index in [1.807, 2.05) is 0 Å². The van der Waals surface area contributed by atoms with Crippen LogP contribution in [0, 0.1) is 5.41 Å². The van der Waals surface area contributed by atoms with Crippen molar-refractivity contribution in [2.75, 3.05) is 20.6 Å². The van der Waals surface area contributed by atoms with E-state index < -0.39 is 0 Å². The van der Waals surface area contributed by atoms with Crippen LogP contribution in [-0.2, 0) is 0 Å². The number of unbranched alkanes of at least 4 members (excludes halogenated alkanes) is 1. The first-order chi connectivity index (χ1) is 6.13. The van der Waals surface area contributed by atoms with E-state index in [2.05, 4.69) is 17.2 Å². The average molecular weight is 185 g/mol. The molecule has 76 valence electrons. The van der Waals surface area contributed by atoms with Gasteiger partial charge >= 0.3 is 0 Å². The van der Waals surface area contributed by atoms with E-state index in [4.69, 9.17) is 11.1 Å². The van der Waals surface area contributed by atoms with E-state index in [1.54, 1.807) is 14.1 Å². The first-order valence-corrected chi connectivity index (χ1v) is 4.41. The zero-order valence-electron chi connectivity index (χ0n) is 8.59. The molecule has 0 spiro atoms. The number of nitrogens with zero attached hydrogens (tertiary/aromatic N) is 2. The van der Waals surface area contributed by atoms with Gasteiger partial charge in [0.15, 0.2) is 11.9 Å². The van der Waals surface area contributed by atoms with E-state index >= 15 is 0 Å². The van der Waals surface area contributed by atoms with Crippen LogP contribution in [0.5, 0.6) is 0 Å². The van der Waals surface area contributed by atoms with Crippen LogP contribution in [0.15, 0.2) is 4.99 Å². The summed E-state index contributed by atoms with van der Waals surface area (Å²) in [4.78, 5) is 5.50. The SMILES string of the molecule is CCCCN/C(=N\C)N(C)C(=N)N. The Morgan fingerprint density at radius 1 is 1.62 bits per heavy atom. The van der Waals surface area contributed by atoms with Crippen LogP contribution >= 0.6 is 0 Å². The molecule has 0 aromatic heterocycles. The Morgan fingerprint density at radius 3 is 2.62 bits per heavy atom. The molecule has 0 heterocycles. The third kappa shape index (κ3) is 4.35. The number of aliphatic imine (C=N–C) groups is 1. The second kappa shape index (κ2) is 6.28. The largest absolute Gasteiger partial charge is 0.370 e. The lowest BCUT2D eigenvalue weighted by atomic mass is 10.3. The predicted molar refractivity (Wildman–Crippen MR) is 55.9 cm³/mol. The zero-order valence-corrected chi connectivity index (χ0v) is 8.59. The van der Waals surface area contributed by atoms with Crippen LogP contribution in [0.1, 0.15) is 19.8 Å². The summed E-state index contributed by atoms with van der Waals surface area (Å²) < 4.78 is 0. The van der Waals surface area contributed by atoms with Crippen molar-refractivity contribution in [3.05, 3.63) is 0 Å². The molecule has 5 heteroatoms. The zero-order chi connectivity index (χ0) is 10.3. The summed E-state index contributed by atoms with van der Waals surface area (Å²) in [6.07, 6.45) is 2.22. The van der Waals surface area contributed by atoms with Crippen molar-refractivity contribution in [2.24, 2.45) is 10.7 Å². The van der Waals surface area contributed by atoms with Crippen molar-refractivity contribution >= 4 is 11.9 Å². The molecule has 0 rings (SSSR count). The number of hydrogen-bond donors (Lipinski definition) is 3. The molecule has 0 amide bonds. The van der Waals surface area contributed by atoms with Gasteiger partial charge < -0.3 is 11.1 Å². The number of guanidine groups is 2. The average Bonchev–Trinajstić information content (AvgIpc) is 2.11. The van der Waals surface area contributed by atoms with Gasteiger partial charge in [-0.1, -0.05) is 13.3 Å². The molecule has 0 aromatic carbocycles. The third-order valence-electron chi connectivity index (χ3n) is 1.70. The van der Waals surface area contributed by atoms with Gasteiger partial charge in [0.05, 0.1) is 0 Å². The lowest BCUT2D eigenvalue weighted by Gasteiger charge is -2.19. The molecule has 0 atom stereocenters. The standard InChI is InChI=1S/C8H19N5/c1-4-5-6-12-8(11-2)13(3)7(9)10/h4-6H2,1-3H3,(H3,9,10)(H,11,12). The van der Waals surface area contributed by atoms with Crippen LogP contribution in [0.25, 0.3) is 0 Å². The minimum absolute atomic E-state index is 0.00963. The molecule has 0 unspecified atom stereocenters. The Kier molecular flexibility index (Phi) is 5.67. The summed E-state index contributed by atoms with van der Waals surface area (Å²) in [5.74, 6) is 0.630. The van der Waals surface area contributed by atoms with Gasteiger partial charge in [-0.05, 0) is 6.42 Å². The maximum Gasteiger partial charge on any atom is 0.200 e. The van der Waals surface area contributed by atoms with Crippen LogP contribution in [0.3, 0.4) is 0 Å². The van der Waals surface area contributed by atoms with Gasteiger partial charge in [-0.2, -0.15) is 0 Å². The highest BCUT2D eigenvalue weighted by Gasteiger charge is 2.06. The van der Waals surface area contributed by atoms with Gasteiger partial charge in [0.1, 0.15) is 0 Å². The van der Waals surface area contributed by atoms with Crippen molar-refractivity contribution in [1.29, 1.82) is 5.41 Å². The topological polar surface area (TPSA) is 77.5 Å². The fraction of sp³-hybridized carbons (Fsp3) is 0.750. The van der Waals surface area contributed by atoms with E-state index in [0.717, 1.165) is 19.4 Å². The quantitative estimate of drug-likeness (QED) is 0.333. The molecule has 5 nitrogen and oxygen atoms in total. The van der Waals surface area contributed by atoms with Gasteiger partial charge in [-0.3, -0.25) is 15.3 Å². The molecule has 0 aromatic rings. The smallest absolute Gasteiger partial charge is 0.200 e. The van der Waals surface area contributed by atoms with Crippen LogP contribution < -0.4 is 11.1 Å². The highest BCUT2D eigenvalue weighted by atomic mass is 15.3. The summed E-state index contributed by atoms with van der Waals surface area (Å²) in [6.45, 7) is 2.99. The van der Waals surface area contributed by atoms with E-state index in [-0.39, 0.29) is 5.96 Å². The highest BCUT2D eigenvalue weighted by molar-refractivity contribution is 5.96. The Balaban J connectivity index is 3.97. The normalized spacial score (nSPS) is 11.2. The van der Waals surface area contributed by atoms with Crippen molar-refractivity contribution in [3.8, 4) is 0 Å². The van der Waals surface area contributed by atoms with E-state index in [9.17, 15) is 0 Å². The monoisotopic (exact) mass is 185 g/mol. The molecule has 0 aliphatic carbocycles. The maximum absolute atomic E-state index is 7.20. The Bertz CT molecular complexity index is 187. The molecule has 0 aliphatic heterocycles. The summed E-state index contributed by atoms with van der Waals surface area (Å²) >= 11 is 0. The summed E-state index contributed by atoms with van der Waals surface area (Å²) in [7, 11) is 3.39. The summed E-state index contributed by atoms with van der Waals surface area (Å²) in [5.41, 5.74) is 5.31. The molecule has 0 fully saturated rings. The Hall–Kier alpha value is -1.26. The molecule has 0 saturated carbocycles. The minimum atomic E-state index is -0.00963. The Morgan fingerprint density at radius 2 is 2.23 bits per heavy atom. The third-order valence-corrected chi connectivity index (χ3v) is 1.70. The molecule has 0 aliphatic rings. The second-order valence-electron chi connectivity index (χ2n) is 2.77. The molecule has 4 N–H and O–H groups in total. The molecule has 0 bridgehead atoms. The van der Waals surface area contributed by atoms with Crippen molar-refractivity contribution in [2.45, 2.75) is 19.8 Å². The molecular formula is C8H19N5. The maximum atomic E-state index is 7.20. The summed E-state index contributed by atoms with van der Waals surface area (Å²) in [5, 5.41) is 10.3. The first kappa shape index (κ1) is 11.7. The fourth-order valence-corrected chi connectivity index (χ4v) is 0.839. The number of nitrogens with two attached hydrogens (primary N) is 1. The number of hydrogen-bond acceptors (Lipinski definition) is 2. The van der Waals surface area contributed by atoms with Crippen molar-refractivity contribution in [3.63, 3.8) is 0 Å². The highest BCUT2D eigenvalue weighted by Crippen LogP contribution is 1.86. The van der Waals surface area contributed by atoms with Crippen molar-refractivity contribution < 1.29 is 0 Å². The number of nitrogens with one attached hydrogen (secondary N) is 2. The molecule has 13 heavy (non-hydrogen) atoms. The summed E-state index contributed by atoms with van der Waals surface area (Å²) in [6, 6.07) is 0. The van der Waals surface area contributed by atoms with Gasteiger partial charge in [-0.25, -0.2) is 0 Å². The lowest BCUT2D eigenvalue weighted by molar-refractivity contribution is 0.655. The van der Waals surface area contributed by atoms with Crippen LogP contribution in [0.4, 0.5) is 0 Å². The van der Waals surface area contributed by atoms with E-state index in [0.29, 0.717) is 5.96 Å². The Labute approximate surface area is 79.5 Å². The van der Waals surface area contributed by atoms with Crippen molar-refractivity contribution in [1.82, 2.24) is 10.2 Å². The lowest BCUT2D eigenvalue weighted by Crippen LogP contribution is -2.45.